The average Bonchev–Trinajstić information content (AvgIpc) is 2.79. The molecule has 3 aromatic carbocycles. The van der Waals surface area contributed by atoms with Gasteiger partial charge in [-0.3, -0.25) is 9.59 Å². The molecule has 1 atom stereocenters. The second kappa shape index (κ2) is 8.90. The molecule has 1 aliphatic heterocycles. The van der Waals surface area contributed by atoms with Gasteiger partial charge < -0.3 is 9.64 Å². The van der Waals surface area contributed by atoms with E-state index in [0.717, 1.165) is 10.0 Å². The lowest BCUT2D eigenvalue weighted by Crippen LogP contribution is -2.42. The highest BCUT2D eigenvalue weighted by atomic mass is 79.9. The van der Waals surface area contributed by atoms with Crippen LogP contribution >= 0.6 is 15.9 Å². The Morgan fingerprint density at radius 2 is 1.60 bits per heavy atom. The first kappa shape index (κ1) is 20.4. The summed E-state index contributed by atoms with van der Waals surface area (Å²) >= 11 is 3.42. The normalized spacial score (nSPS) is 16.3. The van der Waals surface area contributed by atoms with Crippen LogP contribution in [0.15, 0.2) is 77.3 Å². The second-order valence-corrected chi connectivity index (χ2v) is 7.96. The van der Waals surface area contributed by atoms with Crippen LogP contribution in [-0.2, 0) is 4.74 Å². The Bertz CT molecular complexity index is 1070. The van der Waals surface area contributed by atoms with Crippen molar-refractivity contribution in [1.29, 1.82) is 0 Å². The number of carbonyl (C=O) groups excluding carboxylic acids is 2. The van der Waals surface area contributed by atoms with E-state index in [9.17, 15) is 14.0 Å². The van der Waals surface area contributed by atoms with Gasteiger partial charge in [0.15, 0.2) is 5.78 Å². The van der Waals surface area contributed by atoms with Crippen molar-refractivity contribution in [2.24, 2.45) is 0 Å². The van der Waals surface area contributed by atoms with E-state index >= 15 is 0 Å². The van der Waals surface area contributed by atoms with Crippen LogP contribution in [0.3, 0.4) is 0 Å². The van der Waals surface area contributed by atoms with Crippen molar-refractivity contribution in [2.75, 3.05) is 19.7 Å². The summed E-state index contributed by atoms with van der Waals surface area (Å²) < 4.78 is 20.1. The van der Waals surface area contributed by atoms with Crippen molar-refractivity contribution in [3.63, 3.8) is 0 Å². The third-order valence-electron chi connectivity index (χ3n) is 5.10. The highest BCUT2D eigenvalue weighted by molar-refractivity contribution is 9.10. The molecule has 1 heterocycles. The molecule has 4 rings (SSSR count). The standard InChI is InChI=1S/C24H19BrFNO3/c25-18-9-5-16(6-10-18)22-15-27(13-14-30-22)24(29)21-4-2-1-3-20(21)23(28)17-7-11-19(26)12-8-17/h1-12,22H,13-15H2. The fourth-order valence-electron chi connectivity index (χ4n) is 3.51. The van der Waals surface area contributed by atoms with Gasteiger partial charge >= 0.3 is 0 Å². The molecule has 4 nitrogen and oxygen atoms in total. The Morgan fingerprint density at radius 3 is 2.30 bits per heavy atom. The molecule has 0 spiro atoms. The first-order chi connectivity index (χ1) is 14.5. The zero-order valence-electron chi connectivity index (χ0n) is 16.1. The fraction of sp³-hybridized carbons (Fsp3) is 0.167. The van der Waals surface area contributed by atoms with Crippen molar-refractivity contribution < 1.29 is 18.7 Å². The minimum Gasteiger partial charge on any atom is -0.370 e. The number of benzene rings is 3. The number of ether oxygens (including phenoxy) is 1. The van der Waals surface area contributed by atoms with E-state index in [4.69, 9.17) is 4.74 Å². The minimum absolute atomic E-state index is 0.216. The second-order valence-electron chi connectivity index (χ2n) is 7.04. The molecule has 1 saturated heterocycles. The maximum absolute atomic E-state index is 13.3. The summed E-state index contributed by atoms with van der Waals surface area (Å²) in [6.07, 6.45) is -0.226. The minimum atomic E-state index is -0.414. The predicted molar refractivity (Wildman–Crippen MR) is 115 cm³/mol. The van der Waals surface area contributed by atoms with Crippen LogP contribution in [0.25, 0.3) is 0 Å². The molecule has 0 N–H and O–H groups in total. The third kappa shape index (κ3) is 4.35. The summed E-state index contributed by atoms with van der Waals surface area (Å²) in [4.78, 5) is 28.0. The van der Waals surface area contributed by atoms with Crippen LogP contribution in [0.1, 0.15) is 37.9 Å². The van der Waals surface area contributed by atoms with Gasteiger partial charge in [0.1, 0.15) is 11.9 Å². The van der Waals surface area contributed by atoms with E-state index in [0.29, 0.717) is 36.4 Å². The van der Waals surface area contributed by atoms with Gasteiger partial charge in [0.05, 0.1) is 18.7 Å². The van der Waals surface area contributed by atoms with Crippen molar-refractivity contribution in [3.05, 3.63) is 105 Å². The van der Waals surface area contributed by atoms with Gasteiger partial charge in [-0.05, 0) is 48.0 Å². The van der Waals surface area contributed by atoms with Crippen LogP contribution in [0, 0.1) is 5.82 Å². The smallest absolute Gasteiger partial charge is 0.254 e. The number of nitrogens with zero attached hydrogens (tertiary/aromatic N) is 1. The van der Waals surface area contributed by atoms with E-state index in [1.54, 1.807) is 29.2 Å². The first-order valence-electron chi connectivity index (χ1n) is 9.58. The summed E-state index contributed by atoms with van der Waals surface area (Å²) in [6.45, 7) is 1.27. The van der Waals surface area contributed by atoms with Crippen LogP contribution in [0.2, 0.25) is 0 Å². The van der Waals surface area contributed by atoms with E-state index in [-0.39, 0.29) is 17.8 Å². The number of ketones is 1. The predicted octanol–water partition coefficient (Wildman–Crippen LogP) is 5.03. The van der Waals surface area contributed by atoms with Crippen LogP contribution < -0.4 is 0 Å². The number of hydrogen-bond donors (Lipinski definition) is 0. The van der Waals surface area contributed by atoms with E-state index in [1.165, 1.54) is 24.3 Å². The van der Waals surface area contributed by atoms with Gasteiger partial charge in [0, 0.05) is 22.1 Å². The summed E-state index contributed by atoms with van der Waals surface area (Å²) in [5, 5.41) is 0. The Hall–Kier alpha value is -2.83. The average molecular weight is 468 g/mol. The van der Waals surface area contributed by atoms with Gasteiger partial charge in [-0.15, -0.1) is 0 Å². The molecule has 152 valence electrons. The summed E-state index contributed by atoms with van der Waals surface area (Å²) in [6, 6.07) is 19.9. The molecule has 6 heteroatoms. The molecule has 30 heavy (non-hydrogen) atoms. The Labute approximate surface area is 182 Å². The number of hydrogen-bond acceptors (Lipinski definition) is 3. The van der Waals surface area contributed by atoms with Gasteiger partial charge in [-0.2, -0.15) is 0 Å². The zero-order chi connectivity index (χ0) is 21.1. The van der Waals surface area contributed by atoms with Crippen molar-refractivity contribution in [3.8, 4) is 0 Å². The SMILES string of the molecule is O=C(c1ccc(F)cc1)c1ccccc1C(=O)N1CCOC(c2ccc(Br)cc2)C1. The largest absolute Gasteiger partial charge is 0.370 e. The van der Waals surface area contributed by atoms with Gasteiger partial charge in [-0.1, -0.05) is 46.3 Å². The summed E-state index contributed by atoms with van der Waals surface area (Å²) in [7, 11) is 0. The zero-order valence-corrected chi connectivity index (χ0v) is 17.6. The molecular weight excluding hydrogens is 449 g/mol. The highest BCUT2D eigenvalue weighted by Crippen LogP contribution is 2.26. The number of halogens is 2. The maximum Gasteiger partial charge on any atom is 0.254 e. The quantitative estimate of drug-likeness (QED) is 0.505. The topological polar surface area (TPSA) is 46.6 Å². The Morgan fingerprint density at radius 1 is 0.933 bits per heavy atom. The van der Waals surface area contributed by atoms with Crippen molar-refractivity contribution in [2.45, 2.75) is 6.10 Å². The molecule has 0 aliphatic carbocycles. The van der Waals surface area contributed by atoms with E-state index < -0.39 is 5.82 Å². The van der Waals surface area contributed by atoms with Crippen LogP contribution in [0.4, 0.5) is 4.39 Å². The lowest BCUT2D eigenvalue weighted by Gasteiger charge is -2.33. The molecule has 0 bridgehead atoms. The van der Waals surface area contributed by atoms with E-state index in [2.05, 4.69) is 15.9 Å². The molecule has 0 aromatic heterocycles. The number of carbonyl (C=O) groups is 2. The monoisotopic (exact) mass is 467 g/mol. The van der Waals surface area contributed by atoms with Crippen LogP contribution in [0.5, 0.6) is 0 Å². The van der Waals surface area contributed by atoms with Crippen molar-refractivity contribution >= 4 is 27.6 Å². The molecule has 1 unspecified atom stereocenters. The maximum atomic E-state index is 13.3. The third-order valence-corrected chi connectivity index (χ3v) is 5.63. The molecule has 1 amide bonds. The van der Waals surface area contributed by atoms with E-state index in [1.807, 2.05) is 24.3 Å². The molecule has 3 aromatic rings. The van der Waals surface area contributed by atoms with Gasteiger partial charge in [0.2, 0.25) is 0 Å². The van der Waals surface area contributed by atoms with Gasteiger partial charge in [-0.25, -0.2) is 4.39 Å². The Kier molecular flexibility index (Phi) is 6.06. The van der Waals surface area contributed by atoms with Crippen LogP contribution in [-0.4, -0.2) is 36.3 Å². The van der Waals surface area contributed by atoms with Gasteiger partial charge in [0.25, 0.3) is 5.91 Å². The number of amides is 1. The highest BCUT2D eigenvalue weighted by Gasteiger charge is 2.28. The fourth-order valence-corrected chi connectivity index (χ4v) is 3.77. The Balaban J connectivity index is 1.58. The first-order valence-corrected chi connectivity index (χ1v) is 10.4. The van der Waals surface area contributed by atoms with Crippen molar-refractivity contribution in [1.82, 2.24) is 4.90 Å². The number of rotatable bonds is 4. The molecule has 0 radical (unpaired) electrons. The lowest BCUT2D eigenvalue weighted by molar-refractivity contribution is -0.0228. The molecular formula is C24H19BrFNO3. The summed E-state index contributed by atoms with van der Waals surface area (Å²) in [5.41, 5.74) is 1.97. The lowest BCUT2D eigenvalue weighted by atomic mass is 9.97. The number of morpholine rings is 1. The molecule has 1 aliphatic rings. The molecule has 1 fully saturated rings. The summed E-state index contributed by atoms with van der Waals surface area (Å²) in [5.74, 6) is -0.939. The molecule has 0 saturated carbocycles.